The number of amides is 2. The van der Waals surface area contributed by atoms with Gasteiger partial charge in [-0.25, -0.2) is 29.0 Å². The smallest absolute Gasteiger partial charge is 0.408 e. The second-order valence-corrected chi connectivity index (χ2v) is 17.3. The number of carboxylic acids is 3. The standard InChI is InChI=1S/C14H17N3O5S.C10H10N2O3S.C8H15NO4S.C6H3ClN2O.CH4.ClH/c1-14(2,3)22-12(20)16-9(11(18)19)7-23-13-17-8-4-5-15-6-10(8)21-13;13-8-4-11-2-1-6(8)3-9-12-7(5-16-9)10(14)15;1-8(2,3)13-7(12)9-5(4-14)6(10)11;7-6-9-4-1-2-8-3-5(4)10-6;;/h4-6,9H,7H2,1-3H3,(H,16,20)(H,18,19);1-2,4,7,13H,3,5H2,(H,14,15);5,14H,4H2,1-3H3,(H,9,12)(H,10,11);1-3H;1H4;1H/t9-;7-;5-;;;/m000.../s1. The van der Waals surface area contributed by atoms with Gasteiger partial charge in [-0.2, -0.15) is 17.6 Å². The predicted octanol–water partition coefficient (Wildman–Crippen LogP) is 7.05. The van der Waals surface area contributed by atoms with Crippen molar-refractivity contribution in [2.45, 2.75) is 89.9 Å². The molecule has 6 N–H and O–H groups in total. The van der Waals surface area contributed by atoms with Gasteiger partial charge in [0.1, 0.15) is 40.1 Å². The lowest BCUT2D eigenvalue weighted by molar-refractivity contribution is -0.139. The molecule has 65 heavy (non-hydrogen) atoms. The number of pyridine rings is 3. The summed E-state index contributed by atoms with van der Waals surface area (Å²) >= 11 is 11.8. The number of carbonyl (C=O) groups is 5. The number of nitrogens with zero attached hydrogens (tertiary/aromatic N) is 6. The van der Waals surface area contributed by atoms with E-state index in [0.29, 0.717) is 39.6 Å². The van der Waals surface area contributed by atoms with Crippen molar-refractivity contribution in [2.75, 3.05) is 17.3 Å². The maximum absolute atomic E-state index is 11.7. The molecular formula is C39H50Cl2N8O13S3. The number of aromatic nitrogens is 5. The lowest BCUT2D eigenvalue weighted by atomic mass is 10.2. The number of oxazole rings is 2. The van der Waals surface area contributed by atoms with Crippen LogP contribution in [-0.2, 0) is 30.3 Å². The molecule has 0 bridgehead atoms. The van der Waals surface area contributed by atoms with E-state index in [9.17, 15) is 34.2 Å². The van der Waals surface area contributed by atoms with Gasteiger partial charge in [-0.05, 0) is 71.3 Å². The van der Waals surface area contributed by atoms with Gasteiger partial charge in [0.15, 0.2) is 17.2 Å². The first-order valence-electron chi connectivity index (χ1n) is 18.3. The molecule has 0 aromatic carbocycles. The van der Waals surface area contributed by atoms with E-state index in [4.69, 9.17) is 40.1 Å². The van der Waals surface area contributed by atoms with Crippen LogP contribution in [-0.4, -0.2) is 127 Å². The Hall–Kier alpha value is -5.56. The monoisotopic (exact) mass is 1000 g/mol. The van der Waals surface area contributed by atoms with Crippen molar-refractivity contribution in [3.8, 4) is 5.75 Å². The molecule has 0 unspecified atom stereocenters. The van der Waals surface area contributed by atoms with Crippen LogP contribution in [0.2, 0.25) is 5.35 Å². The minimum atomic E-state index is -1.17. The minimum absolute atomic E-state index is 0. The van der Waals surface area contributed by atoms with Crippen molar-refractivity contribution >= 4 is 117 Å². The lowest BCUT2D eigenvalue weighted by Gasteiger charge is -2.21. The number of rotatable bonds is 11. The number of carboxylic acid groups (broad SMARTS) is 3. The zero-order chi connectivity index (χ0) is 46.9. The molecule has 1 aliphatic rings. The summed E-state index contributed by atoms with van der Waals surface area (Å²) in [4.78, 5) is 78.9. The number of nitrogens with one attached hydrogen (secondary N) is 2. The van der Waals surface area contributed by atoms with Crippen LogP contribution < -0.4 is 10.6 Å². The third kappa shape index (κ3) is 21.3. The average molecular weight is 1010 g/mol. The highest BCUT2D eigenvalue weighted by Gasteiger charge is 2.26. The molecule has 6 rings (SSSR count). The number of aliphatic carboxylic acids is 3. The molecule has 21 nitrogen and oxygen atoms in total. The molecule has 2 amide bonds. The fourth-order valence-electron chi connectivity index (χ4n) is 4.36. The van der Waals surface area contributed by atoms with Crippen LogP contribution in [0.3, 0.4) is 0 Å². The fraction of sp³-hybridized carbons (Fsp3) is 0.410. The molecule has 356 valence electrons. The first-order valence-corrected chi connectivity index (χ1v) is 21.3. The largest absolute Gasteiger partial charge is 0.506 e. The van der Waals surface area contributed by atoms with Gasteiger partial charge in [-0.3, -0.25) is 19.9 Å². The van der Waals surface area contributed by atoms with Crippen LogP contribution in [0, 0.1) is 0 Å². The highest BCUT2D eigenvalue weighted by Crippen LogP contribution is 2.25. The highest BCUT2D eigenvalue weighted by atomic mass is 35.5. The van der Waals surface area contributed by atoms with Crippen molar-refractivity contribution in [3.63, 3.8) is 0 Å². The third-order valence-corrected chi connectivity index (χ3v) is 9.61. The molecule has 6 heterocycles. The second-order valence-electron chi connectivity index (χ2n) is 14.6. The highest BCUT2D eigenvalue weighted by molar-refractivity contribution is 8.14. The first kappa shape index (κ1) is 57.5. The zero-order valence-electron chi connectivity index (χ0n) is 35.0. The topological polar surface area (TPSA) is 312 Å². The van der Waals surface area contributed by atoms with Crippen molar-refractivity contribution in [1.82, 2.24) is 35.6 Å². The summed E-state index contributed by atoms with van der Waals surface area (Å²) < 4.78 is 20.3. The Morgan fingerprint density at radius 2 is 1.35 bits per heavy atom. The van der Waals surface area contributed by atoms with Gasteiger partial charge in [-0.1, -0.05) is 19.2 Å². The average Bonchev–Trinajstić information content (AvgIpc) is 3.93. The van der Waals surface area contributed by atoms with Gasteiger partial charge in [0.25, 0.3) is 10.6 Å². The molecular weight excluding hydrogens is 956 g/mol. The van der Waals surface area contributed by atoms with Gasteiger partial charge < -0.3 is 49.4 Å². The number of aliphatic imine (C=N–C) groups is 1. The predicted molar refractivity (Wildman–Crippen MR) is 250 cm³/mol. The molecule has 0 aliphatic carbocycles. The number of fused-ring (bicyclic) bond motifs is 2. The van der Waals surface area contributed by atoms with Gasteiger partial charge in [0.05, 0.1) is 23.6 Å². The van der Waals surface area contributed by atoms with Crippen molar-refractivity contribution in [3.05, 3.63) is 66.3 Å². The number of ether oxygens (including phenoxy) is 2. The van der Waals surface area contributed by atoms with E-state index in [0.717, 1.165) is 22.3 Å². The van der Waals surface area contributed by atoms with Crippen molar-refractivity contribution in [2.24, 2.45) is 4.99 Å². The molecule has 0 fully saturated rings. The van der Waals surface area contributed by atoms with Crippen LogP contribution in [0.15, 0.2) is 74.4 Å². The van der Waals surface area contributed by atoms with E-state index in [-0.39, 0.29) is 42.4 Å². The Balaban J connectivity index is 0.000000446. The normalized spacial score (nSPS) is 13.8. The SMILES string of the molecule is C.CC(C)(C)OC(=O)N[C@@H](CS)C(=O)O.CC(C)(C)OC(=O)N[C@@H](CSc1nc2ccncc2o1)C(=O)O.Cl.Clc1nc2ccncc2o1.O=C(O)[C@@H]1CSC(Cc2ccncc2O)=N1. The molecule has 0 spiro atoms. The molecule has 1 aliphatic heterocycles. The Morgan fingerprint density at radius 1 is 0.846 bits per heavy atom. The Morgan fingerprint density at radius 3 is 1.82 bits per heavy atom. The van der Waals surface area contributed by atoms with Crippen LogP contribution in [0.4, 0.5) is 9.59 Å². The van der Waals surface area contributed by atoms with Gasteiger partial charge in [0, 0.05) is 47.8 Å². The van der Waals surface area contributed by atoms with E-state index in [1.807, 2.05) is 0 Å². The molecule has 26 heteroatoms. The van der Waals surface area contributed by atoms with Crippen LogP contribution in [0.5, 0.6) is 5.75 Å². The summed E-state index contributed by atoms with van der Waals surface area (Å²) in [6, 6.07) is 2.34. The third-order valence-electron chi connectivity index (χ3n) is 7.09. The maximum atomic E-state index is 11.7. The summed E-state index contributed by atoms with van der Waals surface area (Å²) in [6.45, 7) is 10.2. The van der Waals surface area contributed by atoms with Crippen LogP contribution in [0.25, 0.3) is 22.2 Å². The second kappa shape index (κ2) is 27.0. The number of carbonyl (C=O) groups excluding carboxylic acids is 2. The summed E-state index contributed by atoms with van der Waals surface area (Å²) in [5.41, 5.74) is 1.88. The quantitative estimate of drug-likeness (QED) is 0.0515. The molecule has 0 saturated carbocycles. The van der Waals surface area contributed by atoms with Gasteiger partial charge >= 0.3 is 30.1 Å². The number of halogens is 2. The Kier molecular flexibility index (Phi) is 23.9. The number of thioether (sulfide) groups is 2. The van der Waals surface area contributed by atoms with E-state index >= 15 is 0 Å². The number of thiol groups is 1. The van der Waals surface area contributed by atoms with Crippen LogP contribution >= 0.6 is 60.2 Å². The summed E-state index contributed by atoms with van der Waals surface area (Å²) in [6.07, 6.45) is 8.21. The zero-order valence-corrected chi connectivity index (χ0v) is 39.1. The number of aromatic hydroxyl groups is 1. The van der Waals surface area contributed by atoms with Gasteiger partial charge in [-0.15, -0.1) is 24.2 Å². The van der Waals surface area contributed by atoms with Crippen molar-refractivity contribution in [1.29, 1.82) is 0 Å². The van der Waals surface area contributed by atoms with Crippen LogP contribution in [0.1, 0.15) is 54.5 Å². The first-order chi connectivity index (χ1) is 29.5. The summed E-state index contributed by atoms with van der Waals surface area (Å²) in [5, 5.41) is 41.8. The summed E-state index contributed by atoms with van der Waals surface area (Å²) in [5.74, 6) is -2.54. The van der Waals surface area contributed by atoms with E-state index in [1.54, 1.807) is 84.5 Å². The number of hydrogen-bond donors (Lipinski definition) is 7. The Bertz CT molecular complexity index is 2310. The number of alkyl carbamates (subject to hydrolysis) is 2. The molecule has 3 atom stereocenters. The molecule has 5 aromatic heterocycles. The Labute approximate surface area is 398 Å². The fourth-order valence-corrected chi connectivity index (χ4v) is 6.66. The molecule has 5 aromatic rings. The van der Waals surface area contributed by atoms with E-state index < -0.39 is 59.4 Å². The molecule has 0 saturated heterocycles. The number of hydrogen-bond acceptors (Lipinski definition) is 19. The summed E-state index contributed by atoms with van der Waals surface area (Å²) in [7, 11) is 0. The van der Waals surface area contributed by atoms with E-state index in [1.165, 1.54) is 24.2 Å². The van der Waals surface area contributed by atoms with Crippen molar-refractivity contribution < 1.29 is 62.7 Å². The van der Waals surface area contributed by atoms with E-state index in [2.05, 4.69) is 53.2 Å². The maximum Gasteiger partial charge on any atom is 0.408 e. The molecule has 0 radical (unpaired) electrons. The van der Waals surface area contributed by atoms with Gasteiger partial charge in [0.2, 0.25) is 0 Å². The lowest BCUT2D eigenvalue weighted by Crippen LogP contribution is -2.44. The minimum Gasteiger partial charge on any atom is -0.506 e.